The number of rotatable bonds is 5. The number of hydrogen-bond donors (Lipinski definition) is 0. The van der Waals surface area contributed by atoms with Crippen LogP contribution < -0.4 is 0 Å². The molecule has 1 fully saturated rings. The van der Waals surface area contributed by atoms with Crippen molar-refractivity contribution in [2.45, 2.75) is 25.7 Å². The van der Waals surface area contributed by atoms with Gasteiger partial charge in [-0.2, -0.15) is 0 Å². The van der Waals surface area contributed by atoms with Crippen LogP contribution in [0.4, 0.5) is 0 Å². The molecule has 0 amide bonds. The Bertz CT molecular complexity index is 221. The Balaban J connectivity index is 2.72. The highest BCUT2D eigenvalue weighted by Gasteiger charge is 2.31. The fraction of sp³-hybridized carbons (Fsp3) is 0.538. The maximum Gasteiger partial charge on any atom is 0.106 e. The van der Waals surface area contributed by atoms with Crippen molar-refractivity contribution in [1.82, 2.24) is 0 Å². The van der Waals surface area contributed by atoms with Gasteiger partial charge in [0.2, 0.25) is 0 Å². The zero-order valence-electron chi connectivity index (χ0n) is 9.17. The fourth-order valence-corrected chi connectivity index (χ4v) is 2.35. The summed E-state index contributed by atoms with van der Waals surface area (Å²) in [6, 6.07) is 0. The summed E-state index contributed by atoms with van der Waals surface area (Å²) in [6.45, 7) is 15.4. The number of nitrogens with zero attached hydrogens (tertiary/aromatic N) is 1. The molecule has 0 spiro atoms. The average molecular weight is 192 g/mol. The maximum absolute atomic E-state index is 4.21. The molecule has 0 aromatic carbocycles. The van der Waals surface area contributed by atoms with Gasteiger partial charge < -0.3 is 0 Å². The first-order valence-corrected chi connectivity index (χ1v) is 5.51. The molecule has 1 heteroatoms. The summed E-state index contributed by atoms with van der Waals surface area (Å²) in [6.07, 6.45) is 8.94. The summed E-state index contributed by atoms with van der Waals surface area (Å²) in [5.41, 5.74) is 1.31. The first-order valence-electron chi connectivity index (χ1n) is 5.51. The third-order valence-corrected chi connectivity index (χ3v) is 3.20. The van der Waals surface area contributed by atoms with Crippen LogP contribution in [0, 0.1) is 0 Å². The molecule has 1 aliphatic rings. The number of allylic oxidation sites excluding steroid dienone is 1. The van der Waals surface area contributed by atoms with Crippen molar-refractivity contribution in [2.75, 3.05) is 19.6 Å². The smallest absolute Gasteiger partial charge is 0.106 e. The Morgan fingerprint density at radius 1 is 1.07 bits per heavy atom. The van der Waals surface area contributed by atoms with Crippen LogP contribution in [0.1, 0.15) is 25.7 Å². The molecule has 0 saturated carbocycles. The van der Waals surface area contributed by atoms with Gasteiger partial charge in [-0.1, -0.05) is 12.7 Å². The first kappa shape index (κ1) is 11.3. The summed E-state index contributed by atoms with van der Waals surface area (Å²) < 4.78 is 1.05. The van der Waals surface area contributed by atoms with E-state index in [0.29, 0.717) is 0 Å². The van der Waals surface area contributed by atoms with Gasteiger partial charge in [0.15, 0.2) is 0 Å². The highest BCUT2D eigenvalue weighted by atomic mass is 15.4. The molecule has 0 bridgehead atoms. The second kappa shape index (κ2) is 5.16. The van der Waals surface area contributed by atoms with Crippen LogP contribution in [0.25, 0.3) is 0 Å². The maximum atomic E-state index is 4.21. The summed E-state index contributed by atoms with van der Waals surface area (Å²) in [7, 11) is 0. The lowest BCUT2D eigenvalue weighted by Crippen LogP contribution is -2.50. The van der Waals surface area contributed by atoms with Crippen molar-refractivity contribution >= 4 is 0 Å². The van der Waals surface area contributed by atoms with E-state index in [2.05, 4.69) is 19.7 Å². The largest absolute Gasteiger partial charge is 0.292 e. The Morgan fingerprint density at radius 2 is 1.71 bits per heavy atom. The van der Waals surface area contributed by atoms with Crippen LogP contribution in [-0.4, -0.2) is 24.1 Å². The van der Waals surface area contributed by atoms with Gasteiger partial charge in [-0.3, -0.25) is 4.48 Å². The van der Waals surface area contributed by atoms with Crippen molar-refractivity contribution in [3.8, 4) is 0 Å². The molecule has 0 N–H and O–H groups in total. The molecule has 1 aliphatic heterocycles. The molecule has 0 radical (unpaired) electrons. The van der Waals surface area contributed by atoms with E-state index in [0.717, 1.165) is 17.4 Å². The minimum Gasteiger partial charge on any atom is -0.292 e. The fourth-order valence-electron chi connectivity index (χ4n) is 2.35. The van der Waals surface area contributed by atoms with E-state index in [1.807, 2.05) is 12.2 Å². The van der Waals surface area contributed by atoms with Gasteiger partial charge in [0.05, 0.1) is 13.1 Å². The van der Waals surface area contributed by atoms with Gasteiger partial charge in [0.25, 0.3) is 0 Å². The van der Waals surface area contributed by atoms with Gasteiger partial charge in [-0.15, -0.1) is 6.58 Å². The minimum absolute atomic E-state index is 0.938. The highest BCUT2D eigenvalue weighted by Crippen LogP contribution is 2.26. The Morgan fingerprint density at radius 3 is 2.21 bits per heavy atom. The van der Waals surface area contributed by atoms with E-state index in [9.17, 15) is 0 Å². The quantitative estimate of drug-likeness (QED) is 0.463. The van der Waals surface area contributed by atoms with Crippen LogP contribution >= 0.6 is 0 Å². The van der Waals surface area contributed by atoms with Gasteiger partial charge in [0, 0.05) is 6.42 Å². The molecule has 0 aliphatic carbocycles. The SMILES string of the molecule is C=CCC(=C)[N+]1(CC=C)CCCCC1. The zero-order valence-corrected chi connectivity index (χ0v) is 9.17. The summed E-state index contributed by atoms with van der Waals surface area (Å²) in [4.78, 5) is 0. The molecule has 1 nitrogen and oxygen atoms in total. The second-order valence-electron chi connectivity index (χ2n) is 4.18. The predicted molar refractivity (Wildman–Crippen MR) is 62.9 cm³/mol. The molecule has 1 heterocycles. The predicted octanol–water partition coefficient (Wildman–Crippen LogP) is 3.26. The molecule has 1 saturated heterocycles. The van der Waals surface area contributed by atoms with Crippen LogP contribution in [0.2, 0.25) is 0 Å². The number of quaternary nitrogens is 1. The third kappa shape index (κ3) is 2.36. The van der Waals surface area contributed by atoms with Gasteiger partial charge in [0.1, 0.15) is 12.2 Å². The normalized spacial score (nSPS) is 20.0. The lowest BCUT2D eigenvalue weighted by molar-refractivity contribution is -0.891. The molecule has 0 atom stereocenters. The molecule has 1 rings (SSSR count). The van der Waals surface area contributed by atoms with Gasteiger partial charge >= 0.3 is 0 Å². The molecule has 78 valence electrons. The zero-order chi connectivity index (χ0) is 10.4. The van der Waals surface area contributed by atoms with E-state index in [1.54, 1.807) is 0 Å². The second-order valence-corrected chi connectivity index (χ2v) is 4.18. The number of likely N-dealkylation sites (tertiary alicyclic amines) is 1. The average Bonchev–Trinajstić information content (AvgIpc) is 2.20. The van der Waals surface area contributed by atoms with E-state index in [1.165, 1.54) is 38.0 Å². The van der Waals surface area contributed by atoms with E-state index < -0.39 is 0 Å². The van der Waals surface area contributed by atoms with Gasteiger partial charge in [-0.05, 0) is 31.9 Å². The lowest BCUT2D eigenvalue weighted by atomic mass is 10.0. The third-order valence-electron chi connectivity index (χ3n) is 3.20. The Hall–Kier alpha value is -0.820. The standard InChI is InChI=1S/C13H22N/c1-4-9-13(3)14(10-5-2)11-7-6-8-12-14/h4-5H,1-3,6-12H2/q+1. The van der Waals surface area contributed by atoms with Crippen molar-refractivity contribution in [1.29, 1.82) is 0 Å². The molecule has 0 unspecified atom stereocenters. The summed E-state index contributed by atoms with van der Waals surface area (Å²) >= 11 is 0. The lowest BCUT2D eigenvalue weighted by Gasteiger charge is -2.41. The van der Waals surface area contributed by atoms with Crippen LogP contribution in [0.3, 0.4) is 0 Å². The first-order chi connectivity index (χ1) is 6.75. The summed E-state index contributed by atoms with van der Waals surface area (Å²) in [5.74, 6) is 0. The van der Waals surface area contributed by atoms with Crippen molar-refractivity contribution in [3.63, 3.8) is 0 Å². The van der Waals surface area contributed by atoms with E-state index in [-0.39, 0.29) is 0 Å². The molecule has 0 aromatic heterocycles. The van der Waals surface area contributed by atoms with E-state index in [4.69, 9.17) is 0 Å². The Kier molecular flexibility index (Phi) is 4.15. The topological polar surface area (TPSA) is 0 Å². The van der Waals surface area contributed by atoms with Crippen LogP contribution in [0.15, 0.2) is 37.6 Å². The van der Waals surface area contributed by atoms with E-state index >= 15 is 0 Å². The van der Waals surface area contributed by atoms with Crippen molar-refractivity contribution in [3.05, 3.63) is 37.6 Å². The molecular formula is C13H22N+. The van der Waals surface area contributed by atoms with Crippen LogP contribution in [-0.2, 0) is 0 Å². The molecular weight excluding hydrogens is 170 g/mol. The molecule has 0 aromatic rings. The highest BCUT2D eigenvalue weighted by molar-refractivity contribution is 4.94. The number of hydrogen-bond acceptors (Lipinski definition) is 0. The monoisotopic (exact) mass is 192 g/mol. The summed E-state index contributed by atoms with van der Waals surface area (Å²) in [5, 5.41) is 0. The molecule has 14 heavy (non-hydrogen) atoms. The van der Waals surface area contributed by atoms with Gasteiger partial charge in [-0.25, -0.2) is 0 Å². The Labute approximate surface area is 88.0 Å². The van der Waals surface area contributed by atoms with Crippen LogP contribution in [0.5, 0.6) is 0 Å². The van der Waals surface area contributed by atoms with Crippen molar-refractivity contribution < 1.29 is 4.48 Å². The number of piperidine rings is 1. The minimum atomic E-state index is 0.938. The van der Waals surface area contributed by atoms with Crippen molar-refractivity contribution in [2.24, 2.45) is 0 Å².